The molecule has 0 spiro atoms. The smallest absolute Gasteiger partial charge is 0.224 e. The van der Waals surface area contributed by atoms with Gasteiger partial charge in [-0.1, -0.05) is 29.8 Å². The zero-order valence-electron chi connectivity index (χ0n) is 12.3. The van der Waals surface area contributed by atoms with Crippen LogP contribution < -0.4 is 0 Å². The van der Waals surface area contributed by atoms with E-state index in [4.69, 9.17) is 0 Å². The van der Waals surface area contributed by atoms with Gasteiger partial charge in [0, 0.05) is 19.5 Å². The molecule has 0 bridgehead atoms. The second-order valence-corrected chi connectivity index (χ2v) is 6.87. The lowest BCUT2D eigenvalue weighted by molar-refractivity contribution is -0.129. The summed E-state index contributed by atoms with van der Waals surface area (Å²) in [4.78, 5) is 13.8. The number of benzene rings is 1. The molecule has 0 N–H and O–H groups in total. The summed E-state index contributed by atoms with van der Waals surface area (Å²) in [5.41, 5.74) is 0.994. The number of hydrogen-bond donors (Lipinski definition) is 0. The predicted octanol–water partition coefficient (Wildman–Crippen LogP) is 2.36. The number of carbonyl (C=O) groups excluding carboxylic acids is 1. The number of amides is 1. The number of aryl methyl sites for hydroxylation is 1. The topological polar surface area (TPSA) is 54.5 Å². The van der Waals surface area contributed by atoms with Crippen molar-refractivity contribution < 1.29 is 13.2 Å². The van der Waals surface area contributed by atoms with Crippen molar-refractivity contribution in [3.05, 3.63) is 55.1 Å². The first-order valence-electron chi connectivity index (χ1n) is 6.69. The maximum atomic E-state index is 12.2. The van der Waals surface area contributed by atoms with Gasteiger partial charge in [0.15, 0.2) is 9.84 Å². The molecule has 0 saturated carbocycles. The Labute approximate surface area is 126 Å². The van der Waals surface area contributed by atoms with Crippen molar-refractivity contribution in [2.45, 2.75) is 18.2 Å². The number of carbonyl (C=O) groups is 1. The summed E-state index contributed by atoms with van der Waals surface area (Å²) in [6.45, 7) is 9.83. The number of sulfone groups is 1. The summed E-state index contributed by atoms with van der Waals surface area (Å²) in [6.07, 6.45) is 3.17. The van der Waals surface area contributed by atoms with Gasteiger partial charge in [0.05, 0.1) is 10.6 Å². The zero-order chi connectivity index (χ0) is 15.9. The second kappa shape index (κ2) is 7.78. The van der Waals surface area contributed by atoms with Crippen LogP contribution in [-0.4, -0.2) is 38.1 Å². The van der Waals surface area contributed by atoms with E-state index in [-0.39, 0.29) is 23.0 Å². The minimum Gasteiger partial charge on any atom is -0.335 e. The molecule has 1 aromatic carbocycles. The fourth-order valence-electron chi connectivity index (χ4n) is 1.83. The fourth-order valence-corrected chi connectivity index (χ4v) is 3.06. The van der Waals surface area contributed by atoms with E-state index in [9.17, 15) is 13.2 Å². The summed E-state index contributed by atoms with van der Waals surface area (Å²) >= 11 is 0. The third kappa shape index (κ3) is 5.19. The summed E-state index contributed by atoms with van der Waals surface area (Å²) in [7, 11) is -3.43. The van der Waals surface area contributed by atoms with E-state index in [2.05, 4.69) is 13.2 Å². The Kier molecular flexibility index (Phi) is 6.37. The van der Waals surface area contributed by atoms with Crippen molar-refractivity contribution in [3.63, 3.8) is 0 Å². The van der Waals surface area contributed by atoms with E-state index in [1.54, 1.807) is 36.4 Å². The van der Waals surface area contributed by atoms with Gasteiger partial charge < -0.3 is 4.90 Å². The highest BCUT2D eigenvalue weighted by Gasteiger charge is 2.18. The van der Waals surface area contributed by atoms with Gasteiger partial charge in [-0.05, 0) is 19.1 Å². The monoisotopic (exact) mass is 307 g/mol. The molecule has 4 nitrogen and oxygen atoms in total. The summed E-state index contributed by atoms with van der Waals surface area (Å²) in [5.74, 6) is -0.412. The Hall–Kier alpha value is -1.88. The number of rotatable bonds is 8. The van der Waals surface area contributed by atoms with Crippen LogP contribution in [0.15, 0.2) is 54.5 Å². The SMILES string of the molecule is C=CCN(CC=C)C(=O)CCS(=O)(=O)c1ccc(C)cc1. The molecule has 1 aromatic rings. The van der Waals surface area contributed by atoms with Crippen LogP contribution in [0, 0.1) is 6.92 Å². The van der Waals surface area contributed by atoms with Gasteiger partial charge in [-0.15, -0.1) is 13.2 Å². The van der Waals surface area contributed by atoms with Crippen molar-refractivity contribution in [1.82, 2.24) is 4.90 Å². The maximum Gasteiger partial charge on any atom is 0.224 e. The van der Waals surface area contributed by atoms with Crippen LogP contribution in [0.5, 0.6) is 0 Å². The molecule has 0 atom stereocenters. The molecular formula is C16H21NO3S. The van der Waals surface area contributed by atoms with E-state index in [1.807, 2.05) is 6.92 Å². The van der Waals surface area contributed by atoms with E-state index < -0.39 is 9.84 Å². The Morgan fingerprint density at radius 2 is 1.67 bits per heavy atom. The number of nitrogens with zero attached hydrogens (tertiary/aromatic N) is 1. The van der Waals surface area contributed by atoms with Gasteiger partial charge in [-0.2, -0.15) is 0 Å². The maximum absolute atomic E-state index is 12.2. The average Bonchev–Trinajstić information content (AvgIpc) is 2.45. The van der Waals surface area contributed by atoms with Crippen molar-refractivity contribution in [1.29, 1.82) is 0 Å². The van der Waals surface area contributed by atoms with E-state index in [0.717, 1.165) is 5.56 Å². The molecule has 0 aliphatic rings. The highest BCUT2D eigenvalue weighted by molar-refractivity contribution is 7.91. The summed E-state index contributed by atoms with van der Waals surface area (Å²) < 4.78 is 24.4. The molecular weight excluding hydrogens is 286 g/mol. The van der Waals surface area contributed by atoms with Crippen LogP contribution in [0.4, 0.5) is 0 Å². The first-order chi connectivity index (χ1) is 9.90. The van der Waals surface area contributed by atoms with Gasteiger partial charge in [-0.3, -0.25) is 4.79 Å². The fraction of sp³-hybridized carbons (Fsp3) is 0.312. The van der Waals surface area contributed by atoms with Crippen molar-refractivity contribution in [2.75, 3.05) is 18.8 Å². The summed E-state index contributed by atoms with van der Waals surface area (Å²) in [5, 5.41) is 0. The molecule has 0 aliphatic heterocycles. The van der Waals surface area contributed by atoms with Crippen LogP contribution >= 0.6 is 0 Å². The average molecular weight is 307 g/mol. The molecule has 21 heavy (non-hydrogen) atoms. The standard InChI is InChI=1S/C16H21NO3S/c1-4-11-17(12-5-2)16(18)10-13-21(19,20)15-8-6-14(3)7-9-15/h4-9H,1-2,10-13H2,3H3. The van der Waals surface area contributed by atoms with Gasteiger partial charge in [0.25, 0.3) is 0 Å². The van der Waals surface area contributed by atoms with Crippen LogP contribution in [0.25, 0.3) is 0 Å². The molecule has 0 radical (unpaired) electrons. The van der Waals surface area contributed by atoms with E-state index >= 15 is 0 Å². The van der Waals surface area contributed by atoms with E-state index in [0.29, 0.717) is 13.1 Å². The molecule has 1 rings (SSSR count). The van der Waals surface area contributed by atoms with Crippen molar-refractivity contribution in [2.24, 2.45) is 0 Å². The lowest BCUT2D eigenvalue weighted by Gasteiger charge is -2.19. The van der Waals surface area contributed by atoms with E-state index in [1.165, 1.54) is 4.90 Å². The molecule has 0 fully saturated rings. The van der Waals surface area contributed by atoms with Crippen molar-refractivity contribution in [3.8, 4) is 0 Å². The largest absolute Gasteiger partial charge is 0.335 e. The first kappa shape index (κ1) is 17.2. The summed E-state index contributed by atoms with van der Waals surface area (Å²) in [6, 6.07) is 6.63. The van der Waals surface area contributed by atoms with Gasteiger partial charge in [0.1, 0.15) is 0 Å². The third-order valence-electron chi connectivity index (χ3n) is 3.02. The highest BCUT2D eigenvalue weighted by Crippen LogP contribution is 2.13. The Morgan fingerprint density at radius 1 is 1.14 bits per heavy atom. The Balaban J connectivity index is 2.72. The minimum absolute atomic E-state index is 0.0438. The molecule has 114 valence electrons. The molecule has 0 heterocycles. The molecule has 0 unspecified atom stereocenters. The Bertz CT molecular complexity index is 593. The normalized spacial score (nSPS) is 10.9. The molecule has 0 aliphatic carbocycles. The minimum atomic E-state index is -3.43. The highest BCUT2D eigenvalue weighted by atomic mass is 32.2. The lowest BCUT2D eigenvalue weighted by Crippen LogP contribution is -2.32. The quantitative estimate of drug-likeness (QED) is 0.693. The van der Waals surface area contributed by atoms with Crippen LogP contribution in [0.1, 0.15) is 12.0 Å². The van der Waals surface area contributed by atoms with Crippen LogP contribution in [0.3, 0.4) is 0 Å². The van der Waals surface area contributed by atoms with Crippen molar-refractivity contribution >= 4 is 15.7 Å². The first-order valence-corrected chi connectivity index (χ1v) is 8.35. The molecule has 5 heteroatoms. The van der Waals surface area contributed by atoms with Gasteiger partial charge in [-0.25, -0.2) is 8.42 Å². The molecule has 1 amide bonds. The van der Waals surface area contributed by atoms with Crippen LogP contribution in [-0.2, 0) is 14.6 Å². The zero-order valence-corrected chi connectivity index (χ0v) is 13.1. The third-order valence-corrected chi connectivity index (χ3v) is 4.75. The van der Waals surface area contributed by atoms with Gasteiger partial charge in [0.2, 0.25) is 5.91 Å². The second-order valence-electron chi connectivity index (χ2n) is 4.76. The molecule has 0 aromatic heterocycles. The Morgan fingerprint density at radius 3 is 2.14 bits per heavy atom. The lowest BCUT2D eigenvalue weighted by atomic mass is 10.2. The number of hydrogen-bond acceptors (Lipinski definition) is 3. The van der Waals surface area contributed by atoms with Gasteiger partial charge >= 0.3 is 0 Å². The predicted molar refractivity (Wildman–Crippen MR) is 84.8 cm³/mol. The molecule has 0 saturated heterocycles. The van der Waals surface area contributed by atoms with Crippen LogP contribution in [0.2, 0.25) is 0 Å².